The van der Waals surface area contributed by atoms with Crippen LogP contribution in [-0.4, -0.2) is 54.4 Å². The normalized spacial score (nSPS) is 11.7. The van der Waals surface area contributed by atoms with Gasteiger partial charge in [-0.3, -0.25) is 4.79 Å². The summed E-state index contributed by atoms with van der Waals surface area (Å²) in [6.45, 7) is 0.998. The van der Waals surface area contributed by atoms with Crippen molar-refractivity contribution in [2.24, 2.45) is 0 Å². The summed E-state index contributed by atoms with van der Waals surface area (Å²) in [4.78, 5) is 32.7. The van der Waals surface area contributed by atoms with E-state index < -0.39 is 24.0 Å². The minimum atomic E-state index is -1.07. The van der Waals surface area contributed by atoms with Crippen molar-refractivity contribution in [2.45, 2.75) is 38.1 Å². The fourth-order valence-corrected chi connectivity index (χ4v) is 1.56. The molecule has 1 unspecified atom stereocenters. The molecule has 0 aromatic carbocycles. The van der Waals surface area contributed by atoms with Crippen molar-refractivity contribution in [2.75, 3.05) is 20.1 Å². The van der Waals surface area contributed by atoms with E-state index in [1.54, 1.807) is 0 Å². The zero-order chi connectivity index (χ0) is 15.4. The lowest BCUT2D eigenvalue weighted by molar-refractivity contribution is -0.139. The molecule has 0 aliphatic rings. The highest BCUT2D eigenvalue weighted by atomic mass is 16.4. The highest BCUT2D eigenvalue weighted by Gasteiger charge is 2.18. The van der Waals surface area contributed by atoms with Crippen molar-refractivity contribution < 1.29 is 24.6 Å². The largest absolute Gasteiger partial charge is 0.481 e. The second-order valence-corrected chi connectivity index (χ2v) is 4.39. The van der Waals surface area contributed by atoms with Crippen LogP contribution in [0.5, 0.6) is 0 Å². The summed E-state index contributed by atoms with van der Waals surface area (Å²) in [5.74, 6) is -2.00. The third-order valence-corrected chi connectivity index (χ3v) is 2.63. The maximum atomic E-state index is 11.4. The quantitative estimate of drug-likeness (QED) is 0.340. The van der Waals surface area contributed by atoms with Crippen molar-refractivity contribution in [1.82, 2.24) is 16.0 Å². The molecule has 0 aliphatic carbocycles. The Balaban J connectivity index is 3.89. The average molecular weight is 289 g/mol. The molecule has 5 N–H and O–H groups in total. The van der Waals surface area contributed by atoms with Gasteiger partial charge in [0.1, 0.15) is 6.04 Å². The van der Waals surface area contributed by atoms with Crippen LogP contribution in [0.15, 0.2) is 0 Å². The van der Waals surface area contributed by atoms with E-state index in [1.807, 2.05) is 7.05 Å². The summed E-state index contributed by atoms with van der Waals surface area (Å²) in [7, 11) is 1.82. The number of nitrogens with one attached hydrogen (secondary N) is 3. The zero-order valence-corrected chi connectivity index (χ0v) is 11.6. The summed E-state index contributed by atoms with van der Waals surface area (Å²) >= 11 is 0. The van der Waals surface area contributed by atoms with Crippen molar-refractivity contribution >= 4 is 18.0 Å². The molecule has 0 spiro atoms. The predicted molar refractivity (Wildman–Crippen MR) is 72.6 cm³/mol. The van der Waals surface area contributed by atoms with E-state index in [0.717, 1.165) is 13.0 Å². The second-order valence-electron chi connectivity index (χ2n) is 4.39. The number of carboxylic acid groups (broad SMARTS) is 2. The Labute approximate surface area is 117 Å². The van der Waals surface area contributed by atoms with E-state index in [2.05, 4.69) is 16.0 Å². The molecule has 116 valence electrons. The van der Waals surface area contributed by atoms with Gasteiger partial charge in [0.25, 0.3) is 0 Å². The fourth-order valence-electron chi connectivity index (χ4n) is 1.56. The maximum Gasteiger partial charge on any atom is 0.326 e. The monoisotopic (exact) mass is 289 g/mol. The van der Waals surface area contributed by atoms with Crippen LogP contribution in [0.4, 0.5) is 4.79 Å². The Morgan fingerprint density at radius 2 is 1.75 bits per heavy atom. The number of hydrogen-bond acceptors (Lipinski definition) is 4. The standard InChI is InChI=1S/C12H23N3O5/c1-13-7-3-2-5-9(11(18)19)15-12(20)14-8-4-6-10(16)17/h9,13H,2-8H2,1H3,(H,16,17)(H,18,19)(H2,14,15,20). The van der Waals surface area contributed by atoms with Gasteiger partial charge in [-0.15, -0.1) is 0 Å². The van der Waals surface area contributed by atoms with Crippen LogP contribution in [0.3, 0.4) is 0 Å². The first kappa shape index (κ1) is 18.2. The Hall–Kier alpha value is -1.83. The summed E-state index contributed by atoms with van der Waals surface area (Å²) < 4.78 is 0. The van der Waals surface area contributed by atoms with E-state index >= 15 is 0 Å². The number of urea groups is 1. The minimum absolute atomic E-state index is 0.0351. The SMILES string of the molecule is CNCCCCC(NC(=O)NCCCC(=O)O)C(=O)O. The molecule has 0 aliphatic heterocycles. The molecule has 0 saturated carbocycles. The maximum absolute atomic E-state index is 11.4. The topological polar surface area (TPSA) is 128 Å². The lowest BCUT2D eigenvalue weighted by Gasteiger charge is -2.15. The number of amides is 2. The second kappa shape index (κ2) is 11.0. The van der Waals surface area contributed by atoms with Crippen LogP contribution in [-0.2, 0) is 9.59 Å². The van der Waals surface area contributed by atoms with Crippen LogP contribution in [0, 0.1) is 0 Å². The molecule has 0 aromatic heterocycles. The molecule has 0 radical (unpaired) electrons. The molecule has 0 bridgehead atoms. The van der Waals surface area contributed by atoms with Crippen LogP contribution < -0.4 is 16.0 Å². The molecule has 0 heterocycles. The Bertz CT molecular complexity index is 322. The average Bonchev–Trinajstić information content (AvgIpc) is 2.37. The number of aliphatic carboxylic acids is 2. The van der Waals surface area contributed by atoms with E-state index in [-0.39, 0.29) is 13.0 Å². The third-order valence-electron chi connectivity index (χ3n) is 2.63. The van der Waals surface area contributed by atoms with Crippen molar-refractivity contribution in [1.29, 1.82) is 0 Å². The van der Waals surface area contributed by atoms with Gasteiger partial charge in [0.15, 0.2) is 0 Å². The van der Waals surface area contributed by atoms with Crippen molar-refractivity contribution in [3.05, 3.63) is 0 Å². The van der Waals surface area contributed by atoms with Crippen LogP contribution in [0.25, 0.3) is 0 Å². The zero-order valence-electron chi connectivity index (χ0n) is 11.6. The van der Waals surface area contributed by atoms with E-state index in [1.165, 1.54) is 0 Å². The van der Waals surface area contributed by atoms with Gasteiger partial charge < -0.3 is 26.2 Å². The molecule has 0 rings (SSSR count). The molecular weight excluding hydrogens is 266 g/mol. The Morgan fingerprint density at radius 1 is 1.05 bits per heavy atom. The molecule has 2 amide bonds. The molecule has 8 nitrogen and oxygen atoms in total. The molecule has 0 saturated heterocycles. The Morgan fingerprint density at radius 3 is 2.30 bits per heavy atom. The molecule has 0 aromatic rings. The van der Waals surface area contributed by atoms with Gasteiger partial charge in [0.2, 0.25) is 0 Å². The smallest absolute Gasteiger partial charge is 0.326 e. The highest BCUT2D eigenvalue weighted by Crippen LogP contribution is 2.01. The van der Waals surface area contributed by atoms with Crippen LogP contribution in [0.2, 0.25) is 0 Å². The lowest BCUT2D eigenvalue weighted by Crippen LogP contribution is -2.46. The van der Waals surface area contributed by atoms with E-state index in [0.29, 0.717) is 19.3 Å². The number of carbonyl (C=O) groups is 3. The fraction of sp³-hybridized carbons (Fsp3) is 0.750. The summed E-state index contributed by atoms with van der Waals surface area (Å²) in [5, 5.41) is 25.2. The summed E-state index contributed by atoms with van der Waals surface area (Å²) in [6, 6.07) is -1.51. The van der Waals surface area contributed by atoms with Crippen molar-refractivity contribution in [3.63, 3.8) is 0 Å². The highest BCUT2D eigenvalue weighted by molar-refractivity contribution is 5.82. The number of carboxylic acids is 2. The van der Waals surface area contributed by atoms with Gasteiger partial charge in [-0.25, -0.2) is 9.59 Å². The van der Waals surface area contributed by atoms with E-state index in [4.69, 9.17) is 10.2 Å². The summed E-state index contributed by atoms with van der Waals surface area (Å²) in [5.41, 5.74) is 0. The van der Waals surface area contributed by atoms with E-state index in [9.17, 15) is 14.4 Å². The number of rotatable bonds is 11. The number of carbonyl (C=O) groups excluding carboxylic acids is 1. The molecule has 8 heteroatoms. The van der Waals surface area contributed by atoms with Crippen LogP contribution >= 0.6 is 0 Å². The molecule has 20 heavy (non-hydrogen) atoms. The lowest BCUT2D eigenvalue weighted by atomic mass is 10.1. The predicted octanol–water partition coefficient (Wildman–Crippen LogP) is -0.00670. The van der Waals surface area contributed by atoms with Gasteiger partial charge in [-0.2, -0.15) is 0 Å². The van der Waals surface area contributed by atoms with Gasteiger partial charge in [-0.05, 0) is 39.3 Å². The van der Waals surface area contributed by atoms with Gasteiger partial charge in [0, 0.05) is 13.0 Å². The summed E-state index contributed by atoms with van der Waals surface area (Å²) in [6.07, 6.45) is 2.16. The minimum Gasteiger partial charge on any atom is -0.481 e. The molecule has 1 atom stereocenters. The number of hydrogen-bond donors (Lipinski definition) is 5. The molecule has 0 fully saturated rings. The number of unbranched alkanes of at least 4 members (excludes halogenated alkanes) is 1. The first-order valence-electron chi connectivity index (χ1n) is 6.61. The third kappa shape index (κ3) is 10.1. The first-order valence-corrected chi connectivity index (χ1v) is 6.61. The van der Waals surface area contributed by atoms with Gasteiger partial charge in [-0.1, -0.05) is 0 Å². The first-order chi connectivity index (χ1) is 9.47. The molecular formula is C12H23N3O5. The Kier molecular flexibility index (Phi) is 10.0. The van der Waals surface area contributed by atoms with Gasteiger partial charge in [0.05, 0.1) is 0 Å². The van der Waals surface area contributed by atoms with Crippen molar-refractivity contribution in [3.8, 4) is 0 Å². The van der Waals surface area contributed by atoms with Gasteiger partial charge >= 0.3 is 18.0 Å². The van der Waals surface area contributed by atoms with Crippen LogP contribution in [0.1, 0.15) is 32.1 Å².